The summed E-state index contributed by atoms with van der Waals surface area (Å²) in [4.78, 5) is 0. The molecule has 0 aromatic rings. The van der Waals surface area contributed by atoms with Crippen molar-refractivity contribution in [2.45, 2.75) is 4.38 Å². The molecule has 0 N–H and O–H groups in total. The maximum absolute atomic E-state index is 2.54. The van der Waals surface area contributed by atoms with Crippen molar-refractivity contribution in [1.29, 1.82) is 0 Å². The predicted octanol–water partition coefficient (Wildman–Crippen LogP) is 4.30. The molecule has 0 heterocycles. The Morgan fingerprint density at radius 3 is 1.23 bits per heavy atom. The van der Waals surface area contributed by atoms with Crippen LogP contribution in [-0.2, 0) is 0 Å². The molecule has 80 valence electrons. The van der Waals surface area contributed by atoms with E-state index < -0.39 is 7.26 Å². The van der Waals surface area contributed by atoms with E-state index in [4.69, 9.17) is 0 Å². The van der Waals surface area contributed by atoms with Crippen LogP contribution in [0.3, 0.4) is 0 Å². The molecule has 1 unspecified atom stereocenters. The lowest BCUT2D eigenvalue weighted by Gasteiger charge is -2.45. The van der Waals surface area contributed by atoms with Crippen LogP contribution in [0.5, 0.6) is 0 Å². The second-order valence-corrected chi connectivity index (χ2v) is 17.9. The Labute approximate surface area is 89.7 Å². The normalized spacial score (nSPS) is 15.2. The van der Waals surface area contributed by atoms with Gasteiger partial charge in [-0.3, -0.25) is 0 Å². The summed E-state index contributed by atoms with van der Waals surface area (Å²) in [6.45, 7) is 20.0. The molecule has 0 aliphatic heterocycles. The third-order valence-electron chi connectivity index (χ3n) is 2.52. The van der Waals surface area contributed by atoms with E-state index in [1.165, 1.54) is 0 Å². The fourth-order valence-electron chi connectivity index (χ4n) is 2.38. The second kappa shape index (κ2) is 5.17. The minimum Gasteiger partial charge on any atom is -0.0694 e. The first-order chi connectivity index (χ1) is 5.70. The van der Waals surface area contributed by atoms with E-state index in [0.29, 0.717) is 0 Å². The van der Waals surface area contributed by atoms with Gasteiger partial charge in [0.25, 0.3) is 0 Å². The van der Waals surface area contributed by atoms with Crippen LogP contribution >= 0.6 is 31.7 Å². The maximum atomic E-state index is 2.54. The van der Waals surface area contributed by atoms with E-state index in [0.717, 1.165) is 13.0 Å². The van der Waals surface area contributed by atoms with Gasteiger partial charge in [0.1, 0.15) is 4.38 Å². The van der Waals surface area contributed by atoms with E-state index in [9.17, 15) is 0 Å². The fourth-order valence-corrected chi connectivity index (χ4v) is 21.4. The lowest BCUT2D eigenvalue weighted by atomic mass is 11.7. The molecule has 0 bridgehead atoms. The van der Waals surface area contributed by atoms with Gasteiger partial charge in [-0.1, -0.05) is 24.4 Å². The first-order valence-corrected chi connectivity index (χ1v) is 13.7. The van der Waals surface area contributed by atoms with Crippen molar-refractivity contribution in [2.75, 3.05) is 53.3 Å². The molecule has 0 amide bonds. The summed E-state index contributed by atoms with van der Waals surface area (Å²) in [7, 11) is 0.869. The summed E-state index contributed by atoms with van der Waals surface area (Å²) < 4.78 is 0.748. The van der Waals surface area contributed by atoms with Gasteiger partial charge in [-0.2, -0.15) is 0 Å². The van der Waals surface area contributed by atoms with Crippen LogP contribution < -0.4 is 0 Å². The molecular weight excluding hydrogens is 232 g/mol. The highest BCUT2D eigenvalue weighted by atomic mass is 31.3. The molecule has 0 radical (unpaired) electrons. The summed E-state index contributed by atoms with van der Waals surface area (Å²) >= 11 is 0. The van der Waals surface area contributed by atoms with Crippen molar-refractivity contribution in [2.24, 2.45) is 0 Å². The molecule has 0 spiro atoms. The fraction of sp³-hybridized carbons (Fsp3) is 1.00. The molecule has 0 rings (SSSR count). The number of hydrogen-bond acceptors (Lipinski definition) is 0. The van der Waals surface area contributed by atoms with Crippen molar-refractivity contribution in [1.82, 2.24) is 0 Å². The Balaban J connectivity index is 5.12. The van der Waals surface area contributed by atoms with Gasteiger partial charge < -0.3 is 0 Å². The maximum Gasteiger partial charge on any atom is 0.127 e. The van der Waals surface area contributed by atoms with Crippen LogP contribution in [-0.4, -0.2) is 57.7 Å². The molecule has 0 aromatic carbocycles. The van der Waals surface area contributed by atoms with Crippen molar-refractivity contribution in [3.63, 3.8) is 0 Å². The summed E-state index contributed by atoms with van der Waals surface area (Å²) in [5, 5.41) is 0. The average molecular weight is 257 g/mol. The third kappa shape index (κ3) is 2.85. The van der Waals surface area contributed by atoms with Gasteiger partial charge in [0.15, 0.2) is 0 Å². The molecule has 1 atom stereocenters. The minimum absolute atomic E-state index is 0.215. The highest BCUT2D eigenvalue weighted by Crippen LogP contribution is 2.87. The molecule has 0 fully saturated rings. The zero-order chi connectivity index (χ0) is 10.9. The second-order valence-electron chi connectivity index (χ2n) is 4.69. The Morgan fingerprint density at radius 2 is 1.23 bits per heavy atom. The quantitative estimate of drug-likeness (QED) is 0.659. The van der Waals surface area contributed by atoms with Crippen LogP contribution in [0.4, 0.5) is 0 Å². The Hall–Kier alpha value is 1.72. The molecule has 0 nitrogen and oxygen atoms in total. The van der Waals surface area contributed by atoms with Crippen molar-refractivity contribution in [3.8, 4) is 0 Å². The lowest BCUT2D eigenvalue weighted by molar-refractivity contribution is 1.59. The van der Waals surface area contributed by atoms with Crippen LogP contribution in [0.25, 0.3) is 0 Å². The summed E-state index contributed by atoms with van der Waals surface area (Å²) in [5.41, 5.74) is 0. The summed E-state index contributed by atoms with van der Waals surface area (Å²) in [5.74, 6) is 0. The number of hydrogen-bond donors (Lipinski definition) is 0. The minimum atomic E-state index is -0.699. The van der Waals surface area contributed by atoms with Gasteiger partial charge in [0.2, 0.25) is 0 Å². The van der Waals surface area contributed by atoms with Gasteiger partial charge in [0, 0.05) is 27.3 Å². The van der Waals surface area contributed by atoms with Gasteiger partial charge in [0.05, 0.1) is 0 Å². The third-order valence-corrected chi connectivity index (χ3v) is 22.7. The van der Waals surface area contributed by atoms with E-state index >= 15 is 0 Å². The molecule has 0 saturated carbocycles. The highest BCUT2D eigenvalue weighted by Gasteiger charge is 2.51. The lowest BCUT2D eigenvalue weighted by Crippen LogP contribution is -2.20. The van der Waals surface area contributed by atoms with Crippen molar-refractivity contribution < 1.29 is 0 Å². The monoisotopic (exact) mass is 257 g/mol. The topological polar surface area (TPSA) is 0 Å². The molecule has 4 heteroatoms. The molecular formula is C9H25P4+. The predicted molar refractivity (Wildman–Crippen MR) is 79.2 cm³/mol. The summed E-state index contributed by atoms with van der Waals surface area (Å²) in [6, 6.07) is 0. The SMILES string of the molecule is CPC(P(C)C)(P(C)C)[P+](C)(C)C. The Kier molecular flexibility index (Phi) is 5.85. The molecule has 0 aliphatic carbocycles. The average Bonchev–Trinajstić information content (AvgIpc) is 1.83. The summed E-state index contributed by atoms with van der Waals surface area (Å²) in [6.07, 6.45) is 0. The van der Waals surface area contributed by atoms with Crippen molar-refractivity contribution in [3.05, 3.63) is 0 Å². The molecule has 0 saturated heterocycles. The van der Waals surface area contributed by atoms with Crippen molar-refractivity contribution >= 4 is 31.7 Å². The molecule has 13 heavy (non-hydrogen) atoms. The van der Waals surface area contributed by atoms with Gasteiger partial charge in [-0.25, -0.2) is 0 Å². The molecule has 0 aromatic heterocycles. The van der Waals surface area contributed by atoms with E-state index in [2.05, 4.69) is 53.3 Å². The Morgan fingerprint density at radius 1 is 0.923 bits per heavy atom. The largest absolute Gasteiger partial charge is 0.127 e. The first kappa shape index (κ1) is 14.7. The van der Waals surface area contributed by atoms with E-state index in [-0.39, 0.29) is 15.8 Å². The standard InChI is InChI=1S/C9H25P4/c1-10-9(11(2)3,12(4)5)13(6,7)8/h10H,1-8H3/q+1. The van der Waals surface area contributed by atoms with Crippen LogP contribution in [0.1, 0.15) is 0 Å². The smallest absolute Gasteiger partial charge is 0.0694 e. The molecule has 0 aliphatic rings. The zero-order valence-electron chi connectivity index (χ0n) is 10.3. The Bertz CT molecular complexity index is 149. The van der Waals surface area contributed by atoms with Gasteiger partial charge in [-0.05, 0) is 33.3 Å². The first-order valence-electron chi connectivity index (χ1n) is 4.55. The van der Waals surface area contributed by atoms with Gasteiger partial charge in [-0.15, -0.1) is 0 Å². The van der Waals surface area contributed by atoms with E-state index in [1.807, 2.05) is 0 Å². The van der Waals surface area contributed by atoms with Crippen LogP contribution in [0.2, 0.25) is 0 Å². The number of rotatable bonds is 4. The highest BCUT2D eigenvalue weighted by molar-refractivity contribution is 8.07. The van der Waals surface area contributed by atoms with E-state index in [1.54, 1.807) is 0 Å². The van der Waals surface area contributed by atoms with Crippen LogP contribution in [0, 0.1) is 0 Å². The van der Waals surface area contributed by atoms with Gasteiger partial charge >= 0.3 is 0 Å². The zero-order valence-corrected chi connectivity index (χ0v) is 14.0. The van der Waals surface area contributed by atoms with Crippen LogP contribution in [0.15, 0.2) is 0 Å².